The highest BCUT2D eigenvalue weighted by molar-refractivity contribution is 7.18. The van der Waals surface area contributed by atoms with E-state index in [4.69, 9.17) is 0 Å². The maximum atomic E-state index is 12.7. The molecule has 8 heteroatoms. The SMILES string of the molecule is CN1CCC(C(=O)Nc2ncc(-n3ccc4cnccc4c3=O)s2)CC1. The number of nitrogens with one attached hydrogen (secondary N) is 1. The molecule has 3 aromatic rings. The van der Waals surface area contributed by atoms with Gasteiger partial charge in [0.1, 0.15) is 5.00 Å². The van der Waals surface area contributed by atoms with Gasteiger partial charge in [-0.15, -0.1) is 0 Å². The average Bonchev–Trinajstić information content (AvgIpc) is 3.11. The molecule has 0 aromatic carbocycles. The van der Waals surface area contributed by atoms with Crippen molar-refractivity contribution in [3.05, 3.63) is 47.3 Å². The number of anilines is 1. The maximum absolute atomic E-state index is 12.7. The second-order valence-corrected chi connectivity index (χ2v) is 7.53. The smallest absolute Gasteiger partial charge is 0.263 e. The fraction of sp³-hybridized carbons (Fsp3) is 0.333. The number of nitrogens with zero attached hydrogens (tertiary/aromatic N) is 4. The Balaban J connectivity index is 1.54. The summed E-state index contributed by atoms with van der Waals surface area (Å²) in [6, 6.07) is 3.55. The Labute approximate surface area is 154 Å². The summed E-state index contributed by atoms with van der Waals surface area (Å²) in [6.07, 6.45) is 8.32. The lowest BCUT2D eigenvalue weighted by Crippen LogP contribution is -2.35. The molecule has 1 aliphatic heterocycles. The molecular weight excluding hydrogens is 350 g/mol. The van der Waals surface area contributed by atoms with Crippen LogP contribution in [-0.2, 0) is 4.79 Å². The van der Waals surface area contributed by atoms with E-state index >= 15 is 0 Å². The van der Waals surface area contributed by atoms with E-state index < -0.39 is 0 Å². The van der Waals surface area contributed by atoms with Crippen molar-refractivity contribution in [2.45, 2.75) is 12.8 Å². The van der Waals surface area contributed by atoms with Crippen LogP contribution in [0.3, 0.4) is 0 Å². The number of fused-ring (bicyclic) bond motifs is 1. The quantitative estimate of drug-likeness (QED) is 0.765. The van der Waals surface area contributed by atoms with Crippen LogP contribution in [0.1, 0.15) is 12.8 Å². The highest BCUT2D eigenvalue weighted by atomic mass is 32.1. The molecule has 4 rings (SSSR count). The molecule has 26 heavy (non-hydrogen) atoms. The fourth-order valence-electron chi connectivity index (χ4n) is 3.17. The van der Waals surface area contributed by atoms with Crippen LogP contribution in [0.2, 0.25) is 0 Å². The lowest BCUT2D eigenvalue weighted by atomic mass is 9.96. The van der Waals surface area contributed by atoms with Gasteiger partial charge in [-0.1, -0.05) is 11.3 Å². The second kappa shape index (κ2) is 6.97. The molecule has 1 amide bonds. The molecule has 134 valence electrons. The van der Waals surface area contributed by atoms with Crippen LogP contribution in [0.4, 0.5) is 5.13 Å². The number of hydrogen-bond donors (Lipinski definition) is 1. The topological polar surface area (TPSA) is 80.1 Å². The Kier molecular flexibility index (Phi) is 4.52. The molecule has 4 heterocycles. The maximum Gasteiger partial charge on any atom is 0.263 e. The third-order valence-electron chi connectivity index (χ3n) is 4.75. The predicted octanol–water partition coefficient (Wildman–Crippen LogP) is 2.12. The minimum absolute atomic E-state index is 0.0101. The van der Waals surface area contributed by atoms with Gasteiger partial charge in [-0.25, -0.2) is 4.98 Å². The predicted molar refractivity (Wildman–Crippen MR) is 102 cm³/mol. The van der Waals surface area contributed by atoms with Crippen LogP contribution >= 0.6 is 11.3 Å². The van der Waals surface area contributed by atoms with Gasteiger partial charge in [-0.2, -0.15) is 0 Å². The molecule has 3 aromatic heterocycles. The number of thiazole rings is 1. The summed E-state index contributed by atoms with van der Waals surface area (Å²) in [5.74, 6) is 0.0328. The molecule has 0 atom stereocenters. The van der Waals surface area contributed by atoms with E-state index in [1.54, 1.807) is 35.4 Å². The summed E-state index contributed by atoms with van der Waals surface area (Å²) in [5, 5.41) is 5.49. The van der Waals surface area contributed by atoms with Crippen molar-refractivity contribution in [1.29, 1.82) is 0 Å². The lowest BCUT2D eigenvalue weighted by Gasteiger charge is -2.27. The first-order chi connectivity index (χ1) is 12.6. The second-order valence-electron chi connectivity index (χ2n) is 6.52. The zero-order valence-electron chi connectivity index (χ0n) is 14.4. The van der Waals surface area contributed by atoms with E-state index in [1.807, 2.05) is 6.07 Å². The molecule has 1 saturated heterocycles. The van der Waals surface area contributed by atoms with Gasteiger partial charge in [0.15, 0.2) is 5.13 Å². The summed E-state index contributed by atoms with van der Waals surface area (Å²) in [5.41, 5.74) is -0.123. The van der Waals surface area contributed by atoms with E-state index in [9.17, 15) is 9.59 Å². The third kappa shape index (κ3) is 3.25. The standard InChI is InChI=1S/C18H19N5O2S/c1-22-7-3-12(4-8-22)16(24)21-18-20-11-15(26-18)23-9-5-13-10-19-6-2-14(13)17(23)25/h2,5-6,9-12H,3-4,7-8H2,1H3,(H,20,21,24). The fourth-order valence-corrected chi connectivity index (χ4v) is 3.98. The van der Waals surface area contributed by atoms with Crippen LogP contribution in [0, 0.1) is 5.92 Å². The van der Waals surface area contributed by atoms with E-state index in [0.717, 1.165) is 31.3 Å². The van der Waals surface area contributed by atoms with E-state index in [1.165, 1.54) is 11.3 Å². The normalized spacial score (nSPS) is 16.0. The van der Waals surface area contributed by atoms with Crippen molar-refractivity contribution < 1.29 is 4.79 Å². The number of piperidine rings is 1. The van der Waals surface area contributed by atoms with Crippen LogP contribution in [0.5, 0.6) is 0 Å². The van der Waals surface area contributed by atoms with Crippen LogP contribution in [0.15, 0.2) is 41.7 Å². The number of amides is 1. The van der Waals surface area contributed by atoms with E-state index in [-0.39, 0.29) is 17.4 Å². The number of carbonyl (C=O) groups excluding carboxylic acids is 1. The largest absolute Gasteiger partial charge is 0.306 e. The highest BCUT2D eigenvalue weighted by Crippen LogP contribution is 2.24. The summed E-state index contributed by atoms with van der Waals surface area (Å²) in [7, 11) is 2.07. The number of hydrogen-bond acceptors (Lipinski definition) is 6. The molecule has 1 fully saturated rings. The first kappa shape index (κ1) is 16.9. The molecule has 0 radical (unpaired) electrons. The molecule has 0 bridgehead atoms. The molecule has 0 aliphatic carbocycles. The molecule has 0 spiro atoms. The summed E-state index contributed by atoms with van der Waals surface area (Å²) < 4.78 is 1.55. The monoisotopic (exact) mass is 369 g/mol. The number of rotatable bonds is 3. The molecule has 7 nitrogen and oxygen atoms in total. The van der Waals surface area contributed by atoms with Crippen LogP contribution < -0.4 is 10.9 Å². The van der Waals surface area contributed by atoms with Gasteiger partial charge in [0.25, 0.3) is 5.56 Å². The van der Waals surface area contributed by atoms with Crippen molar-refractivity contribution in [1.82, 2.24) is 19.4 Å². The van der Waals surface area contributed by atoms with Gasteiger partial charge in [-0.05, 0) is 45.1 Å². The third-order valence-corrected chi connectivity index (χ3v) is 5.67. The van der Waals surface area contributed by atoms with Gasteiger partial charge < -0.3 is 10.2 Å². The van der Waals surface area contributed by atoms with Crippen molar-refractivity contribution in [3.8, 4) is 5.00 Å². The van der Waals surface area contributed by atoms with Gasteiger partial charge in [0.05, 0.1) is 11.6 Å². The van der Waals surface area contributed by atoms with E-state index in [2.05, 4.69) is 27.2 Å². The Morgan fingerprint density at radius 2 is 2.08 bits per heavy atom. The highest BCUT2D eigenvalue weighted by Gasteiger charge is 2.24. The number of carbonyl (C=O) groups is 1. The summed E-state index contributed by atoms with van der Waals surface area (Å²) >= 11 is 1.30. The Bertz CT molecular complexity index is 1000. The van der Waals surface area contributed by atoms with E-state index in [0.29, 0.717) is 15.5 Å². The number of likely N-dealkylation sites (tertiary alicyclic amines) is 1. The zero-order valence-corrected chi connectivity index (χ0v) is 15.2. The first-order valence-electron chi connectivity index (χ1n) is 8.53. The lowest BCUT2D eigenvalue weighted by molar-refractivity contribution is -0.121. The minimum atomic E-state index is -0.123. The summed E-state index contributed by atoms with van der Waals surface area (Å²) in [4.78, 5) is 35.6. The Morgan fingerprint density at radius 3 is 2.88 bits per heavy atom. The van der Waals surface area contributed by atoms with Crippen molar-refractivity contribution in [2.24, 2.45) is 5.92 Å². The molecule has 1 N–H and O–H groups in total. The van der Waals surface area contributed by atoms with Crippen molar-refractivity contribution in [3.63, 3.8) is 0 Å². The van der Waals surface area contributed by atoms with Crippen molar-refractivity contribution in [2.75, 3.05) is 25.5 Å². The Hall–Kier alpha value is -2.58. The molecule has 0 saturated carbocycles. The van der Waals surface area contributed by atoms with Crippen LogP contribution in [-0.4, -0.2) is 45.5 Å². The van der Waals surface area contributed by atoms with Gasteiger partial charge in [0.2, 0.25) is 5.91 Å². The average molecular weight is 369 g/mol. The first-order valence-corrected chi connectivity index (χ1v) is 9.34. The number of aromatic nitrogens is 3. The number of pyridine rings is 2. The molecule has 0 unspecified atom stereocenters. The van der Waals surface area contributed by atoms with Gasteiger partial charge >= 0.3 is 0 Å². The zero-order chi connectivity index (χ0) is 18.1. The van der Waals surface area contributed by atoms with Gasteiger partial charge in [0, 0.05) is 29.9 Å². The molecular formula is C18H19N5O2S. The Morgan fingerprint density at radius 1 is 1.27 bits per heavy atom. The van der Waals surface area contributed by atoms with Gasteiger partial charge in [-0.3, -0.25) is 19.1 Å². The molecule has 1 aliphatic rings. The van der Waals surface area contributed by atoms with Crippen LogP contribution in [0.25, 0.3) is 15.8 Å². The van der Waals surface area contributed by atoms with Crippen molar-refractivity contribution >= 4 is 33.1 Å². The minimum Gasteiger partial charge on any atom is -0.306 e. The summed E-state index contributed by atoms with van der Waals surface area (Å²) in [6.45, 7) is 1.87.